The van der Waals surface area contributed by atoms with Gasteiger partial charge in [0.15, 0.2) is 5.96 Å². The molecule has 112 valence electrons. The Bertz CT molecular complexity index is 613. The third-order valence-electron chi connectivity index (χ3n) is 2.49. The molecule has 8 nitrogen and oxygen atoms in total. The van der Waals surface area contributed by atoms with Gasteiger partial charge in [0.05, 0.1) is 18.0 Å². The molecular formula is C12H15IN6O2. The molecule has 1 heterocycles. The highest BCUT2D eigenvalue weighted by Crippen LogP contribution is 2.07. The van der Waals surface area contributed by atoms with Crippen molar-refractivity contribution in [2.45, 2.75) is 6.54 Å². The van der Waals surface area contributed by atoms with E-state index in [1.54, 1.807) is 0 Å². The van der Waals surface area contributed by atoms with Crippen molar-refractivity contribution in [3.8, 4) is 0 Å². The van der Waals surface area contributed by atoms with E-state index in [1.807, 2.05) is 30.3 Å². The van der Waals surface area contributed by atoms with Crippen LogP contribution < -0.4 is 11.1 Å². The van der Waals surface area contributed by atoms with Crippen molar-refractivity contribution < 1.29 is 4.92 Å². The third-order valence-corrected chi connectivity index (χ3v) is 2.49. The lowest BCUT2D eigenvalue weighted by Gasteiger charge is -2.04. The van der Waals surface area contributed by atoms with Crippen molar-refractivity contribution in [2.24, 2.45) is 10.7 Å². The SMILES string of the molecule is I.NC(=NCCn1cc([N+](=O)[O-])cn1)Nc1ccccc1. The van der Waals surface area contributed by atoms with Crippen LogP contribution in [0, 0.1) is 10.1 Å². The Hall–Kier alpha value is -2.17. The van der Waals surface area contributed by atoms with Crippen molar-refractivity contribution in [3.63, 3.8) is 0 Å². The highest BCUT2D eigenvalue weighted by molar-refractivity contribution is 14.0. The van der Waals surface area contributed by atoms with Gasteiger partial charge >= 0.3 is 5.69 Å². The summed E-state index contributed by atoms with van der Waals surface area (Å²) < 4.78 is 1.46. The molecule has 0 unspecified atom stereocenters. The Morgan fingerprint density at radius 1 is 1.43 bits per heavy atom. The zero-order valence-corrected chi connectivity index (χ0v) is 13.4. The number of para-hydroxylation sites is 1. The molecule has 0 aliphatic rings. The minimum atomic E-state index is -0.488. The van der Waals surface area contributed by atoms with E-state index in [1.165, 1.54) is 17.1 Å². The van der Waals surface area contributed by atoms with Crippen molar-refractivity contribution >= 4 is 41.3 Å². The molecule has 0 atom stereocenters. The van der Waals surface area contributed by atoms with Crippen LogP contribution in [0.5, 0.6) is 0 Å². The summed E-state index contributed by atoms with van der Waals surface area (Å²) in [6.07, 6.45) is 2.56. The fraction of sp³-hybridized carbons (Fsp3) is 0.167. The van der Waals surface area contributed by atoms with Gasteiger partial charge in [0.2, 0.25) is 0 Å². The number of aliphatic imine (C=N–C) groups is 1. The molecule has 0 radical (unpaired) electrons. The first kappa shape index (κ1) is 16.9. The first-order valence-corrected chi connectivity index (χ1v) is 5.94. The van der Waals surface area contributed by atoms with Crippen LogP contribution in [0.25, 0.3) is 0 Å². The van der Waals surface area contributed by atoms with Gasteiger partial charge in [-0.1, -0.05) is 18.2 Å². The lowest BCUT2D eigenvalue weighted by molar-refractivity contribution is -0.385. The lowest BCUT2D eigenvalue weighted by Crippen LogP contribution is -2.23. The molecule has 2 rings (SSSR count). The van der Waals surface area contributed by atoms with Gasteiger partial charge in [0.1, 0.15) is 12.4 Å². The minimum absolute atomic E-state index is 0. The number of hydrogen-bond donors (Lipinski definition) is 2. The maximum atomic E-state index is 10.5. The van der Waals surface area contributed by atoms with Crippen LogP contribution in [0.4, 0.5) is 11.4 Å². The average Bonchev–Trinajstić information content (AvgIpc) is 2.89. The maximum Gasteiger partial charge on any atom is 0.306 e. The topological polar surface area (TPSA) is 111 Å². The van der Waals surface area contributed by atoms with Crippen LogP contribution in [0.15, 0.2) is 47.7 Å². The maximum absolute atomic E-state index is 10.5. The number of aromatic nitrogens is 2. The Kier molecular flexibility index (Phi) is 6.59. The number of nitrogens with two attached hydrogens (primary N) is 1. The van der Waals surface area contributed by atoms with Gasteiger partial charge in [0.25, 0.3) is 0 Å². The first-order valence-electron chi connectivity index (χ1n) is 5.94. The largest absolute Gasteiger partial charge is 0.370 e. The van der Waals surface area contributed by atoms with Gasteiger partial charge < -0.3 is 11.1 Å². The van der Waals surface area contributed by atoms with Crippen molar-refractivity contribution in [2.75, 3.05) is 11.9 Å². The van der Waals surface area contributed by atoms with Gasteiger partial charge in [0, 0.05) is 5.69 Å². The molecule has 0 amide bonds. The van der Waals surface area contributed by atoms with Crippen molar-refractivity contribution in [1.29, 1.82) is 0 Å². The van der Waals surface area contributed by atoms with Crippen molar-refractivity contribution in [1.82, 2.24) is 9.78 Å². The second-order valence-electron chi connectivity index (χ2n) is 3.98. The molecule has 0 aliphatic carbocycles. The Labute approximate surface area is 138 Å². The van der Waals surface area contributed by atoms with Crippen LogP contribution >= 0.6 is 24.0 Å². The number of anilines is 1. The highest BCUT2D eigenvalue weighted by Gasteiger charge is 2.07. The zero-order valence-electron chi connectivity index (χ0n) is 11.0. The zero-order chi connectivity index (χ0) is 14.4. The first-order chi connectivity index (χ1) is 9.65. The van der Waals surface area contributed by atoms with Crippen LogP contribution in [-0.4, -0.2) is 27.2 Å². The molecule has 3 N–H and O–H groups in total. The van der Waals surface area contributed by atoms with Gasteiger partial charge in [-0.2, -0.15) is 5.10 Å². The van der Waals surface area contributed by atoms with Gasteiger partial charge in [-0.3, -0.25) is 19.8 Å². The van der Waals surface area contributed by atoms with E-state index >= 15 is 0 Å². The number of guanidine groups is 1. The molecule has 2 aromatic rings. The van der Waals surface area contributed by atoms with E-state index in [-0.39, 0.29) is 35.6 Å². The number of benzene rings is 1. The summed E-state index contributed by atoms with van der Waals surface area (Å²) in [6.45, 7) is 0.801. The molecule has 0 fully saturated rings. The second-order valence-corrected chi connectivity index (χ2v) is 3.98. The van der Waals surface area contributed by atoms with Crippen molar-refractivity contribution in [3.05, 3.63) is 52.8 Å². The normalized spacial score (nSPS) is 10.8. The molecule has 1 aromatic carbocycles. The predicted octanol–water partition coefficient (Wildman–Crippen LogP) is 1.84. The molecule has 0 bridgehead atoms. The van der Waals surface area contributed by atoms with E-state index in [0.29, 0.717) is 13.1 Å². The van der Waals surface area contributed by atoms with Crippen LogP contribution in [0.2, 0.25) is 0 Å². The van der Waals surface area contributed by atoms with E-state index in [0.717, 1.165) is 5.69 Å². The smallest absolute Gasteiger partial charge is 0.306 e. The highest BCUT2D eigenvalue weighted by atomic mass is 127. The molecule has 1 aromatic heterocycles. The third kappa shape index (κ3) is 5.38. The number of nitrogens with one attached hydrogen (secondary N) is 1. The fourth-order valence-corrected chi connectivity index (χ4v) is 1.55. The number of rotatable bonds is 5. The molecule has 21 heavy (non-hydrogen) atoms. The van der Waals surface area contributed by atoms with Gasteiger partial charge in [-0.25, -0.2) is 0 Å². The van der Waals surface area contributed by atoms with E-state index in [2.05, 4.69) is 15.4 Å². The molecule has 0 saturated heterocycles. The molecule has 0 spiro atoms. The Balaban J connectivity index is 0.00000220. The summed E-state index contributed by atoms with van der Waals surface area (Å²) >= 11 is 0. The lowest BCUT2D eigenvalue weighted by atomic mass is 10.3. The Morgan fingerprint density at radius 2 is 2.14 bits per heavy atom. The standard InChI is InChI=1S/C12H14N6O2.HI/c13-12(16-10-4-2-1-3-5-10)14-6-7-17-9-11(8-15-17)18(19)20;/h1-5,8-9H,6-7H2,(H3,13,14,16);1H. The quantitative estimate of drug-likeness (QED) is 0.261. The van der Waals surface area contributed by atoms with Gasteiger partial charge in [-0.15, -0.1) is 24.0 Å². The number of nitrogens with zero attached hydrogens (tertiary/aromatic N) is 4. The fourth-order valence-electron chi connectivity index (χ4n) is 1.55. The van der Waals surface area contributed by atoms with E-state index in [9.17, 15) is 10.1 Å². The van der Waals surface area contributed by atoms with Crippen LogP contribution in [0.1, 0.15) is 0 Å². The molecule has 0 aliphatic heterocycles. The predicted molar refractivity (Wildman–Crippen MR) is 90.9 cm³/mol. The number of hydrogen-bond acceptors (Lipinski definition) is 4. The van der Waals surface area contributed by atoms with Crippen LogP contribution in [-0.2, 0) is 6.54 Å². The summed E-state index contributed by atoms with van der Waals surface area (Å²) in [6, 6.07) is 9.43. The monoisotopic (exact) mass is 402 g/mol. The molecular weight excluding hydrogens is 387 g/mol. The molecule has 9 heteroatoms. The number of halogens is 1. The van der Waals surface area contributed by atoms with Crippen LogP contribution in [0.3, 0.4) is 0 Å². The summed E-state index contributed by atoms with van der Waals surface area (Å²) in [5.41, 5.74) is 6.54. The summed E-state index contributed by atoms with van der Waals surface area (Å²) in [7, 11) is 0. The summed E-state index contributed by atoms with van der Waals surface area (Å²) in [4.78, 5) is 14.1. The van der Waals surface area contributed by atoms with E-state index in [4.69, 9.17) is 5.73 Å². The second kappa shape index (κ2) is 8.19. The Morgan fingerprint density at radius 3 is 2.76 bits per heavy atom. The van der Waals surface area contributed by atoms with Gasteiger partial charge in [-0.05, 0) is 12.1 Å². The van der Waals surface area contributed by atoms with E-state index < -0.39 is 4.92 Å². The summed E-state index contributed by atoms with van der Waals surface area (Å²) in [5, 5.41) is 17.3. The average molecular weight is 402 g/mol. The number of nitro groups is 1. The minimum Gasteiger partial charge on any atom is -0.370 e. The molecule has 0 saturated carbocycles. The summed E-state index contributed by atoms with van der Waals surface area (Å²) in [5.74, 6) is 0.290.